The molecule has 0 saturated heterocycles. The summed E-state index contributed by atoms with van der Waals surface area (Å²) in [6.45, 7) is 7.68. The first-order chi connectivity index (χ1) is 5.72. The topological polar surface area (TPSA) is 46.0 Å². The first-order valence-corrected chi connectivity index (χ1v) is 4.14. The third kappa shape index (κ3) is 3.44. The Morgan fingerprint density at radius 2 is 1.83 bits per heavy atom. The number of hydrogen-bond acceptors (Lipinski definition) is 3. The Bertz CT molecular complexity index is 216. The molecule has 0 spiro atoms. The standard InChI is InChI=1S/C7H10N2O.C2H6/c1-5-3-7(4-10)9-6(2)8-5;1-2/h3,10H,4H2,1-2H3;1-2H3. The Morgan fingerprint density at radius 3 is 2.25 bits per heavy atom. The summed E-state index contributed by atoms with van der Waals surface area (Å²) in [5.74, 6) is 0.712. The molecule has 0 radical (unpaired) electrons. The van der Waals surface area contributed by atoms with Gasteiger partial charge < -0.3 is 5.11 Å². The summed E-state index contributed by atoms with van der Waals surface area (Å²) in [5.41, 5.74) is 1.58. The summed E-state index contributed by atoms with van der Waals surface area (Å²) in [6.07, 6.45) is 0. The van der Waals surface area contributed by atoms with Crippen molar-refractivity contribution in [1.82, 2.24) is 9.97 Å². The van der Waals surface area contributed by atoms with Gasteiger partial charge in [0.15, 0.2) is 0 Å². The Kier molecular flexibility index (Phi) is 5.21. The molecule has 0 fully saturated rings. The molecule has 12 heavy (non-hydrogen) atoms. The molecule has 1 rings (SSSR count). The van der Waals surface area contributed by atoms with Gasteiger partial charge in [-0.05, 0) is 19.9 Å². The van der Waals surface area contributed by atoms with Crippen molar-refractivity contribution >= 4 is 0 Å². The van der Waals surface area contributed by atoms with Crippen LogP contribution in [-0.2, 0) is 6.61 Å². The van der Waals surface area contributed by atoms with Gasteiger partial charge in [-0.15, -0.1) is 0 Å². The van der Waals surface area contributed by atoms with E-state index in [1.807, 2.05) is 27.7 Å². The molecule has 0 aliphatic heterocycles. The fourth-order valence-electron chi connectivity index (χ4n) is 0.875. The minimum absolute atomic E-state index is 0.00972. The van der Waals surface area contributed by atoms with Crippen LogP contribution in [0.3, 0.4) is 0 Å². The SMILES string of the molecule is CC.Cc1cc(CO)nc(C)n1. The Balaban J connectivity index is 0.000000561. The lowest BCUT2D eigenvalue weighted by atomic mass is 10.3. The van der Waals surface area contributed by atoms with Gasteiger partial charge in [0, 0.05) is 5.69 Å². The second-order valence-electron chi connectivity index (χ2n) is 2.21. The summed E-state index contributed by atoms with van der Waals surface area (Å²) in [7, 11) is 0. The third-order valence-corrected chi connectivity index (χ3v) is 1.18. The van der Waals surface area contributed by atoms with E-state index in [0.29, 0.717) is 11.5 Å². The van der Waals surface area contributed by atoms with Gasteiger partial charge in [-0.3, -0.25) is 0 Å². The van der Waals surface area contributed by atoms with Crippen LogP contribution in [0.1, 0.15) is 31.1 Å². The maximum absolute atomic E-state index is 8.70. The molecule has 0 aromatic carbocycles. The van der Waals surface area contributed by atoms with E-state index in [9.17, 15) is 0 Å². The number of aryl methyl sites for hydroxylation is 2. The maximum Gasteiger partial charge on any atom is 0.125 e. The largest absolute Gasteiger partial charge is 0.390 e. The highest BCUT2D eigenvalue weighted by Gasteiger charge is 1.94. The van der Waals surface area contributed by atoms with Gasteiger partial charge in [-0.1, -0.05) is 13.8 Å². The van der Waals surface area contributed by atoms with E-state index in [1.54, 1.807) is 6.07 Å². The van der Waals surface area contributed by atoms with Crippen LogP contribution in [0.5, 0.6) is 0 Å². The third-order valence-electron chi connectivity index (χ3n) is 1.18. The average Bonchev–Trinajstić information content (AvgIpc) is 2.06. The Labute approximate surface area is 73.5 Å². The summed E-state index contributed by atoms with van der Waals surface area (Å²) in [4.78, 5) is 8.05. The van der Waals surface area contributed by atoms with Gasteiger partial charge in [0.1, 0.15) is 5.82 Å². The molecule has 0 saturated carbocycles. The zero-order valence-corrected chi connectivity index (χ0v) is 8.13. The number of aliphatic hydroxyl groups excluding tert-OH is 1. The molecule has 68 valence electrons. The molecule has 0 amide bonds. The summed E-state index contributed by atoms with van der Waals surface area (Å²) >= 11 is 0. The summed E-state index contributed by atoms with van der Waals surface area (Å²) in [5, 5.41) is 8.70. The molecule has 0 aliphatic carbocycles. The van der Waals surface area contributed by atoms with E-state index in [4.69, 9.17) is 5.11 Å². The van der Waals surface area contributed by atoms with E-state index < -0.39 is 0 Å². The first-order valence-electron chi connectivity index (χ1n) is 4.14. The second kappa shape index (κ2) is 5.66. The van der Waals surface area contributed by atoms with E-state index in [-0.39, 0.29) is 6.61 Å². The molecule has 1 heterocycles. The number of aromatic nitrogens is 2. The summed E-state index contributed by atoms with van der Waals surface area (Å²) < 4.78 is 0. The highest BCUT2D eigenvalue weighted by atomic mass is 16.3. The normalized spacial score (nSPS) is 8.75. The minimum Gasteiger partial charge on any atom is -0.390 e. The zero-order valence-electron chi connectivity index (χ0n) is 8.13. The summed E-state index contributed by atoms with van der Waals surface area (Å²) in [6, 6.07) is 1.77. The molecular formula is C9H16N2O. The minimum atomic E-state index is -0.00972. The molecule has 0 aliphatic rings. The highest BCUT2D eigenvalue weighted by Crippen LogP contribution is 1.98. The van der Waals surface area contributed by atoms with Gasteiger partial charge in [-0.25, -0.2) is 9.97 Å². The van der Waals surface area contributed by atoms with Crippen LogP contribution in [0.2, 0.25) is 0 Å². The van der Waals surface area contributed by atoms with Crippen LogP contribution in [0.15, 0.2) is 6.07 Å². The number of nitrogens with zero attached hydrogens (tertiary/aromatic N) is 2. The quantitative estimate of drug-likeness (QED) is 0.693. The molecular weight excluding hydrogens is 152 g/mol. The van der Waals surface area contributed by atoms with Crippen LogP contribution in [0, 0.1) is 13.8 Å². The van der Waals surface area contributed by atoms with Crippen molar-refractivity contribution in [3.8, 4) is 0 Å². The van der Waals surface area contributed by atoms with Gasteiger partial charge in [0.05, 0.1) is 12.3 Å². The molecule has 0 bridgehead atoms. The fraction of sp³-hybridized carbons (Fsp3) is 0.556. The number of aliphatic hydroxyl groups is 1. The van der Waals surface area contributed by atoms with Crippen molar-refractivity contribution in [3.05, 3.63) is 23.3 Å². The molecule has 0 unspecified atom stereocenters. The van der Waals surface area contributed by atoms with Crippen molar-refractivity contribution < 1.29 is 5.11 Å². The van der Waals surface area contributed by atoms with E-state index in [1.165, 1.54) is 0 Å². The lowest BCUT2D eigenvalue weighted by Gasteiger charge is -1.97. The van der Waals surface area contributed by atoms with Crippen molar-refractivity contribution in [1.29, 1.82) is 0 Å². The predicted molar refractivity (Wildman–Crippen MR) is 48.8 cm³/mol. The zero-order chi connectivity index (χ0) is 9.56. The van der Waals surface area contributed by atoms with Crippen LogP contribution >= 0.6 is 0 Å². The van der Waals surface area contributed by atoms with E-state index in [0.717, 1.165) is 5.69 Å². The average molecular weight is 168 g/mol. The highest BCUT2D eigenvalue weighted by molar-refractivity contribution is 5.08. The monoisotopic (exact) mass is 168 g/mol. The molecule has 0 atom stereocenters. The van der Waals surface area contributed by atoms with Gasteiger partial charge >= 0.3 is 0 Å². The molecule has 1 aromatic rings. The lowest BCUT2D eigenvalue weighted by molar-refractivity contribution is 0.276. The van der Waals surface area contributed by atoms with E-state index in [2.05, 4.69) is 9.97 Å². The first kappa shape index (κ1) is 11.0. The molecule has 3 nitrogen and oxygen atoms in total. The lowest BCUT2D eigenvalue weighted by Crippen LogP contribution is -1.96. The molecule has 3 heteroatoms. The molecule has 1 aromatic heterocycles. The van der Waals surface area contributed by atoms with Gasteiger partial charge in [-0.2, -0.15) is 0 Å². The van der Waals surface area contributed by atoms with Crippen LogP contribution in [0.25, 0.3) is 0 Å². The Morgan fingerprint density at radius 1 is 1.25 bits per heavy atom. The molecule has 1 N–H and O–H groups in total. The number of rotatable bonds is 1. The maximum atomic E-state index is 8.70. The van der Waals surface area contributed by atoms with Crippen LogP contribution < -0.4 is 0 Å². The predicted octanol–water partition coefficient (Wildman–Crippen LogP) is 1.61. The smallest absolute Gasteiger partial charge is 0.125 e. The van der Waals surface area contributed by atoms with Crippen molar-refractivity contribution in [2.45, 2.75) is 34.3 Å². The van der Waals surface area contributed by atoms with Crippen molar-refractivity contribution in [3.63, 3.8) is 0 Å². The van der Waals surface area contributed by atoms with Crippen LogP contribution in [0.4, 0.5) is 0 Å². The van der Waals surface area contributed by atoms with Crippen molar-refractivity contribution in [2.75, 3.05) is 0 Å². The van der Waals surface area contributed by atoms with Gasteiger partial charge in [0.25, 0.3) is 0 Å². The number of hydrogen-bond donors (Lipinski definition) is 1. The second-order valence-corrected chi connectivity index (χ2v) is 2.21. The van der Waals surface area contributed by atoms with Gasteiger partial charge in [0.2, 0.25) is 0 Å². The van der Waals surface area contributed by atoms with Crippen LogP contribution in [-0.4, -0.2) is 15.1 Å². The van der Waals surface area contributed by atoms with Crippen molar-refractivity contribution in [2.24, 2.45) is 0 Å². The Hall–Kier alpha value is -0.960. The fourth-order valence-corrected chi connectivity index (χ4v) is 0.875. The van der Waals surface area contributed by atoms with E-state index >= 15 is 0 Å².